The number of fused-ring (bicyclic) bond motifs is 15. The van der Waals surface area contributed by atoms with E-state index in [1.54, 1.807) is 80.5 Å². The number of pyridine rings is 1. The molecule has 0 N–H and O–H groups in total. The maximum absolute atomic E-state index is 14.7. The van der Waals surface area contributed by atoms with E-state index in [-0.39, 0.29) is 46.6 Å². The Morgan fingerprint density at radius 3 is 1.03 bits per heavy atom. The van der Waals surface area contributed by atoms with E-state index in [2.05, 4.69) is 240 Å². The second-order valence-electron chi connectivity index (χ2n) is 33.9. The Balaban J connectivity index is 0.000000105. The first-order valence-corrected chi connectivity index (χ1v) is 50.3. The van der Waals surface area contributed by atoms with Crippen LogP contribution >= 0.6 is 102 Å². The van der Waals surface area contributed by atoms with Crippen molar-refractivity contribution in [2.24, 2.45) is 25.0 Å². The van der Waals surface area contributed by atoms with Crippen molar-refractivity contribution >= 4 is 136 Å². The summed E-state index contributed by atoms with van der Waals surface area (Å²) in [5.41, 5.74) is 28.6. The minimum Gasteiger partial charge on any atom is -0.463 e. The number of hydrogen-bond acceptors (Lipinski definition) is 18. The molecule has 0 amide bonds. The Morgan fingerprint density at radius 1 is 0.324 bits per heavy atom. The summed E-state index contributed by atoms with van der Waals surface area (Å²) in [5.74, 6) is 3.39. The van der Waals surface area contributed by atoms with Crippen LogP contribution < -0.4 is 0 Å². The molecule has 5 atom stereocenters. The maximum atomic E-state index is 14.7. The molecule has 0 saturated heterocycles. The van der Waals surface area contributed by atoms with Crippen molar-refractivity contribution in [3.05, 3.63) is 467 Å². The van der Waals surface area contributed by atoms with Gasteiger partial charge in [0.15, 0.2) is 28.8 Å². The van der Waals surface area contributed by atoms with Crippen molar-refractivity contribution in [1.82, 2.24) is 52.7 Å². The van der Waals surface area contributed by atoms with E-state index in [1.807, 2.05) is 195 Å². The quantitative estimate of drug-likeness (QED) is 0.0663. The van der Waals surface area contributed by atoms with E-state index in [9.17, 15) is 14.5 Å². The van der Waals surface area contributed by atoms with Crippen LogP contribution in [-0.2, 0) is 0 Å². The minimum atomic E-state index is -0.370. The van der Waals surface area contributed by atoms with Crippen molar-refractivity contribution in [1.29, 1.82) is 0 Å². The second-order valence-corrected chi connectivity index (χ2v) is 39.7. The summed E-state index contributed by atoms with van der Waals surface area (Å²) in [6.45, 7) is 14.3. The molecule has 0 saturated carbocycles. The smallest absolute Gasteiger partial charge is 0.278 e. The molecule has 5 aliphatic heterocycles. The highest BCUT2D eigenvalue weighted by atomic mass is 127. The van der Waals surface area contributed by atoms with Gasteiger partial charge in [0.1, 0.15) is 65.9 Å². The minimum absolute atomic E-state index is 0.0196. The number of aliphatic imine (C=N–C) groups is 5. The Bertz CT molecular complexity index is 8210. The van der Waals surface area contributed by atoms with Crippen LogP contribution in [0.3, 0.4) is 0 Å². The molecule has 0 fully saturated rings. The predicted octanol–water partition coefficient (Wildman–Crippen LogP) is 29.7. The fourth-order valence-electron chi connectivity index (χ4n) is 18.6. The summed E-state index contributed by atoms with van der Waals surface area (Å²) in [6, 6.07) is 82.9. The first kappa shape index (κ1) is 93.7. The zero-order chi connectivity index (χ0) is 97.8. The molecule has 5 aliphatic rings. The van der Waals surface area contributed by atoms with Gasteiger partial charge in [-0.25, -0.2) is 29.3 Å². The fourth-order valence-corrected chi connectivity index (χ4v) is 21.1. The summed E-state index contributed by atoms with van der Waals surface area (Å²) in [6.07, 6.45) is 19.2. The molecule has 11 aromatic heterocycles. The molecule has 0 bridgehead atoms. The molecular formula is C111H80Br5FIN17O7. The lowest BCUT2D eigenvalue weighted by molar-refractivity contribution is -0.385. The van der Waals surface area contributed by atoms with Gasteiger partial charge in [-0.05, 0) is 258 Å². The van der Waals surface area contributed by atoms with Crippen LogP contribution in [0.1, 0.15) is 160 Å². The SMILES string of the molecule is C[C@@H]1N=C(c2ccccc2)c2cc(Br)ccc2-n2cnc(-c3ccco3)c21.C[C@@H]1N=C(c2ccccc2F)c2cc(Br)ccc2-n2cnc(-c3ccco3)c21.C[C@@H]1N=C(c2ccccn2)c2cc(Br)ccc2-n2cnc(-c3ccco3)c21.Cc1ccoc1-c1ncn2c1[C@@H](C)N=C(c1ccccc1I)c1cc(Br)ccc1-2.Cc1ccoc1-c1ncn2c1[C@@H](C)N=C(c1ccccc1[N+](=O)[O-])c1cc(Br)ccc1-2. The Morgan fingerprint density at radius 2 is 0.655 bits per heavy atom. The highest BCUT2D eigenvalue weighted by Gasteiger charge is 2.37. The monoisotopic (exact) mass is 2300 g/mol. The molecule has 700 valence electrons. The number of para-hydroxylation sites is 1. The third-order valence-electron chi connectivity index (χ3n) is 25.0. The molecule has 0 aliphatic carbocycles. The number of rotatable bonds is 11. The van der Waals surface area contributed by atoms with Crippen LogP contribution in [0.2, 0.25) is 0 Å². The number of hydrogen-bond donors (Lipinski definition) is 0. The fraction of sp³-hybridized carbons (Fsp3) is 0.108. The number of nitro groups is 1. The molecule has 31 heteroatoms. The molecule has 20 aromatic rings. The second kappa shape index (κ2) is 39.8. The predicted molar refractivity (Wildman–Crippen MR) is 574 cm³/mol. The lowest BCUT2D eigenvalue weighted by atomic mass is 9.99. The molecule has 16 heterocycles. The highest BCUT2D eigenvalue weighted by molar-refractivity contribution is 14.1. The molecule has 9 aromatic carbocycles. The normalized spacial score (nSPS) is 15.5. The number of aromatic nitrogens is 11. The highest BCUT2D eigenvalue weighted by Crippen LogP contribution is 2.46. The van der Waals surface area contributed by atoms with Crippen LogP contribution in [0.15, 0.2) is 399 Å². The van der Waals surface area contributed by atoms with E-state index in [1.165, 1.54) is 15.7 Å². The van der Waals surface area contributed by atoms with E-state index in [0.717, 1.165) is 198 Å². The van der Waals surface area contributed by atoms with Crippen molar-refractivity contribution in [2.75, 3.05) is 0 Å². The Labute approximate surface area is 869 Å². The van der Waals surface area contributed by atoms with Gasteiger partial charge < -0.3 is 22.1 Å². The average Bonchev–Trinajstić information content (AvgIpc) is 1.62. The van der Waals surface area contributed by atoms with Crippen molar-refractivity contribution in [2.45, 2.75) is 78.7 Å². The number of halogens is 7. The Kier molecular flexibility index (Phi) is 26.3. The molecule has 24 nitrogen and oxygen atoms in total. The van der Waals surface area contributed by atoms with Crippen LogP contribution in [0.4, 0.5) is 10.1 Å². The summed E-state index contributed by atoms with van der Waals surface area (Å²) in [4.78, 5) is 64.4. The summed E-state index contributed by atoms with van der Waals surface area (Å²) < 4.78 is 59.3. The summed E-state index contributed by atoms with van der Waals surface area (Å²) >= 11 is 20.3. The van der Waals surface area contributed by atoms with Crippen LogP contribution in [0.5, 0.6) is 0 Å². The van der Waals surface area contributed by atoms with Gasteiger partial charge in [0.05, 0.1) is 163 Å². The summed E-state index contributed by atoms with van der Waals surface area (Å²) in [5, 5.41) is 11.7. The molecule has 0 radical (unpaired) electrons. The van der Waals surface area contributed by atoms with Gasteiger partial charge in [0.2, 0.25) is 0 Å². The van der Waals surface area contributed by atoms with Gasteiger partial charge in [-0.2, -0.15) is 0 Å². The first-order chi connectivity index (χ1) is 69.1. The van der Waals surface area contributed by atoms with Gasteiger partial charge in [-0.1, -0.05) is 159 Å². The molecule has 142 heavy (non-hydrogen) atoms. The summed E-state index contributed by atoms with van der Waals surface area (Å²) in [7, 11) is 0. The number of benzene rings is 9. The van der Waals surface area contributed by atoms with Crippen molar-refractivity contribution in [3.8, 4) is 85.7 Å². The van der Waals surface area contributed by atoms with Crippen molar-refractivity contribution in [3.63, 3.8) is 0 Å². The van der Waals surface area contributed by atoms with Gasteiger partial charge in [0, 0.05) is 82.7 Å². The molecular weight excluding hydrogens is 2230 g/mol. The first-order valence-electron chi connectivity index (χ1n) is 45.2. The zero-order valence-corrected chi connectivity index (χ0v) is 86.8. The maximum Gasteiger partial charge on any atom is 0.278 e. The molecule has 25 rings (SSSR count). The molecule has 0 spiro atoms. The molecule has 0 unspecified atom stereocenters. The topological polar surface area (TPSA) is 273 Å². The standard InChI is InChI=1S/C23H17BrIN3O.C23H17BrN4O3.C22H15BrFN3O.C22H16BrN3O.C21H15BrN4O/c1-13-9-10-29-23(13)21-22-14(2)27-20(16-5-3-4-6-18(16)25)17-11-15(24)7-8-19(17)28(22)12-26-21;1-13-9-10-31-23(13)21-22-14(2)26-20(16-5-3-4-6-19(16)28(29)30)17-11-15(24)7-8-18(17)27(22)12-25-21;1-13-22-21(19-7-4-10-28-19)25-12-27(22)18-9-8-14(23)11-16(18)20(26-13)15-5-2-3-6-17(15)24;1-14-22-21(19-8-5-11-27-19)24-13-26(22)18-10-9-16(23)12-17(18)20(25-14)15-6-3-2-4-7-15;1-13-21-20(18-6-4-10-27-18)24-12-26(21)17-8-7-14(22)11-15(17)19(25-13)16-5-2-3-9-23-16/h3-12,14H,1-2H3;3-12,14H,1-2H3;2-13H,1H3;2-14H,1H3;2-13H,1H3/t2*14-;13-;14-;13-/m11000/s1. The number of imidazole rings is 5. The van der Waals surface area contributed by atoms with E-state index in [4.69, 9.17) is 52.0 Å². The lowest BCUT2D eigenvalue weighted by Gasteiger charge is -2.13. The number of nitro benzene ring substituents is 1. The van der Waals surface area contributed by atoms with E-state index < -0.39 is 0 Å². The zero-order valence-electron chi connectivity index (χ0n) is 76.7. The third-order valence-corrected chi connectivity index (χ3v) is 28.4. The van der Waals surface area contributed by atoms with Crippen LogP contribution in [0.25, 0.3) is 85.7 Å². The van der Waals surface area contributed by atoms with Gasteiger partial charge in [-0.3, -0.25) is 62.9 Å². The Hall–Kier alpha value is -14.6. The third kappa shape index (κ3) is 17.9. The van der Waals surface area contributed by atoms with Crippen LogP contribution in [0, 0.1) is 33.3 Å². The largest absolute Gasteiger partial charge is 0.463 e. The van der Waals surface area contributed by atoms with Crippen molar-refractivity contribution < 1.29 is 31.4 Å². The van der Waals surface area contributed by atoms with Crippen LogP contribution in [-0.4, -0.2) is 86.2 Å². The number of aryl methyl sites for hydroxylation is 2. The van der Waals surface area contributed by atoms with Gasteiger partial charge >= 0.3 is 0 Å². The average molecular weight is 2310 g/mol. The number of nitrogens with zero attached hydrogens (tertiary/aromatic N) is 17. The van der Waals surface area contributed by atoms with Gasteiger partial charge in [0.25, 0.3) is 5.69 Å². The van der Waals surface area contributed by atoms with E-state index in [0.29, 0.717) is 34.1 Å². The lowest BCUT2D eigenvalue weighted by Crippen LogP contribution is -2.09. The van der Waals surface area contributed by atoms with E-state index >= 15 is 0 Å². The number of furan rings is 5. The van der Waals surface area contributed by atoms with Gasteiger partial charge in [-0.15, -0.1) is 0 Å².